The molecule has 2 heterocycles. The highest BCUT2D eigenvalue weighted by Crippen LogP contribution is 2.34. The van der Waals surface area contributed by atoms with Crippen molar-refractivity contribution < 1.29 is 9.32 Å². The third-order valence-corrected chi connectivity index (χ3v) is 5.64. The lowest BCUT2D eigenvalue weighted by Crippen LogP contribution is -2.30. The van der Waals surface area contributed by atoms with Crippen LogP contribution >= 0.6 is 11.6 Å². The van der Waals surface area contributed by atoms with Crippen LogP contribution < -0.4 is 5.32 Å². The van der Waals surface area contributed by atoms with Crippen LogP contribution in [-0.2, 0) is 11.2 Å². The Morgan fingerprint density at radius 2 is 1.90 bits per heavy atom. The Morgan fingerprint density at radius 1 is 1.14 bits per heavy atom. The minimum Gasteiger partial charge on any atom is -0.361 e. The molecule has 1 atom stereocenters. The molecular formula is C23H22ClN3O2. The van der Waals surface area contributed by atoms with Gasteiger partial charge in [-0.05, 0) is 37.1 Å². The van der Waals surface area contributed by atoms with E-state index in [1.165, 1.54) is 0 Å². The van der Waals surface area contributed by atoms with E-state index in [2.05, 4.69) is 21.5 Å². The van der Waals surface area contributed by atoms with Crippen molar-refractivity contribution in [2.45, 2.75) is 26.2 Å². The Hall–Kier alpha value is -3.05. The van der Waals surface area contributed by atoms with Crippen LogP contribution in [0.2, 0.25) is 5.02 Å². The second kappa shape index (κ2) is 8.13. The zero-order valence-electron chi connectivity index (χ0n) is 16.3. The summed E-state index contributed by atoms with van der Waals surface area (Å²) >= 11 is 6.52. The summed E-state index contributed by atoms with van der Waals surface area (Å²) in [5.41, 5.74) is 4.73. The van der Waals surface area contributed by atoms with E-state index in [9.17, 15) is 4.79 Å². The monoisotopic (exact) mass is 407 g/mol. The smallest absolute Gasteiger partial charge is 0.224 e. The molecule has 0 bridgehead atoms. The lowest BCUT2D eigenvalue weighted by atomic mass is 9.90. The summed E-state index contributed by atoms with van der Waals surface area (Å²) in [6.07, 6.45) is 2.24. The minimum atomic E-state index is -0.0755. The Morgan fingerprint density at radius 3 is 2.66 bits per heavy atom. The molecule has 0 aliphatic carbocycles. The Bertz CT molecular complexity index is 1140. The zero-order chi connectivity index (χ0) is 20.4. The molecule has 0 saturated heterocycles. The molecule has 2 aromatic heterocycles. The number of nitrogens with zero attached hydrogens (tertiary/aromatic N) is 1. The molecule has 1 amide bonds. The lowest BCUT2D eigenvalue weighted by molar-refractivity contribution is -0.120. The van der Waals surface area contributed by atoms with Gasteiger partial charge in [-0.1, -0.05) is 53.2 Å². The molecule has 6 heteroatoms. The van der Waals surface area contributed by atoms with Crippen molar-refractivity contribution in [2.75, 3.05) is 6.54 Å². The van der Waals surface area contributed by atoms with Gasteiger partial charge in [0.15, 0.2) is 0 Å². The number of nitrogens with one attached hydrogen (secondary N) is 2. The van der Waals surface area contributed by atoms with Crippen molar-refractivity contribution in [1.29, 1.82) is 0 Å². The Balaban J connectivity index is 1.61. The van der Waals surface area contributed by atoms with Gasteiger partial charge in [0.25, 0.3) is 0 Å². The highest BCUT2D eigenvalue weighted by molar-refractivity contribution is 6.31. The molecule has 29 heavy (non-hydrogen) atoms. The van der Waals surface area contributed by atoms with Gasteiger partial charge in [-0.3, -0.25) is 4.79 Å². The van der Waals surface area contributed by atoms with Gasteiger partial charge in [0.1, 0.15) is 5.76 Å². The number of aryl methyl sites for hydroxylation is 2. The predicted molar refractivity (Wildman–Crippen MR) is 114 cm³/mol. The first-order valence-corrected chi connectivity index (χ1v) is 9.91. The molecule has 4 rings (SSSR count). The highest BCUT2D eigenvalue weighted by atomic mass is 35.5. The van der Waals surface area contributed by atoms with Crippen LogP contribution in [-0.4, -0.2) is 22.6 Å². The first kappa shape index (κ1) is 19.3. The normalized spacial score (nSPS) is 12.2. The quantitative estimate of drug-likeness (QED) is 0.476. The lowest BCUT2D eigenvalue weighted by Gasteiger charge is -2.19. The van der Waals surface area contributed by atoms with E-state index >= 15 is 0 Å². The largest absolute Gasteiger partial charge is 0.361 e. The van der Waals surface area contributed by atoms with Crippen molar-refractivity contribution in [3.63, 3.8) is 0 Å². The standard InChI is InChI=1S/C23H22ClN3O2/c1-14-18(15(2)29-27-14)11-23(28)26-13-19(16-7-3-5-9-21(16)24)20-12-25-22-10-6-4-8-17(20)22/h3-10,12,19,25H,11,13H2,1-2H3,(H,26,28)/t19-/m0/s1. The van der Waals surface area contributed by atoms with Crippen molar-refractivity contribution in [3.8, 4) is 0 Å². The second-order valence-electron chi connectivity index (χ2n) is 7.15. The third-order valence-electron chi connectivity index (χ3n) is 5.30. The summed E-state index contributed by atoms with van der Waals surface area (Å²) in [5.74, 6) is 0.529. The van der Waals surface area contributed by atoms with Crippen LogP contribution in [0.3, 0.4) is 0 Å². The number of carbonyl (C=O) groups is 1. The van der Waals surface area contributed by atoms with Gasteiger partial charge in [0, 0.05) is 40.1 Å². The summed E-state index contributed by atoms with van der Waals surface area (Å²) in [6, 6.07) is 15.9. The van der Waals surface area contributed by atoms with Gasteiger partial charge in [0.05, 0.1) is 12.1 Å². The number of hydrogen-bond donors (Lipinski definition) is 2. The molecule has 2 aromatic carbocycles. The summed E-state index contributed by atoms with van der Waals surface area (Å²) in [7, 11) is 0. The second-order valence-corrected chi connectivity index (χ2v) is 7.55. The minimum absolute atomic E-state index is 0.0729. The molecule has 0 unspecified atom stereocenters. The number of rotatable bonds is 6. The number of halogens is 1. The average Bonchev–Trinajstić information content (AvgIpc) is 3.28. The Labute approximate surface area is 174 Å². The van der Waals surface area contributed by atoms with E-state index in [0.717, 1.165) is 33.3 Å². The van der Waals surface area contributed by atoms with Crippen molar-refractivity contribution in [1.82, 2.24) is 15.5 Å². The van der Waals surface area contributed by atoms with Crippen LogP contribution in [0, 0.1) is 13.8 Å². The maximum Gasteiger partial charge on any atom is 0.224 e. The van der Waals surface area contributed by atoms with Gasteiger partial charge in [-0.15, -0.1) is 0 Å². The number of fused-ring (bicyclic) bond motifs is 1. The van der Waals surface area contributed by atoms with Crippen molar-refractivity contribution >= 4 is 28.4 Å². The summed E-state index contributed by atoms with van der Waals surface area (Å²) in [5, 5.41) is 8.80. The van der Waals surface area contributed by atoms with Crippen LogP contribution in [0.5, 0.6) is 0 Å². The molecule has 0 spiro atoms. The Kier molecular flexibility index (Phi) is 5.41. The fourth-order valence-electron chi connectivity index (χ4n) is 3.72. The first-order valence-electron chi connectivity index (χ1n) is 9.53. The molecule has 0 radical (unpaired) electrons. The van der Waals surface area contributed by atoms with E-state index in [1.54, 1.807) is 0 Å². The number of aromatic nitrogens is 2. The fourth-order valence-corrected chi connectivity index (χ4v) is 3.99. The van der Waals surface area contributed by atoms with Crippen LogP contribution in [0.1, 0.15) is 34.1 Å². The van der Waals surface area contributed by atoms with Gasteiger partial charge in [-0.2, -0.15) is 0 Å². The van der Waals surface area contributed by atoms with Crippen LogP contribution in [0.25, 0.3) is 10.9 Å². The predicted octanol–water partition coefficient (Wildman–Crippen LogP) is 4.92. The maximum atomic E-state index is 12.6. The molecule has 5 nitrogen and oxygen atoms in total. The van der Waals surface area contributed by atoms with E-state index in [4.69, 9.17) is 16.1 Å². The number of aromatic amines is 1. The van der Waals surface area contributed by atoms with E-state index in [0.29, 0.717) is 17.3 Å². The van der Waals surface area contributed by atoms with Crippen LogP contribution in [0.4, 0.5) is 0 Å². The molecule has 0 fully saturated rings. The average molecular weight is 408 g/mol. The molecule has 0 saturated carbocycles. The van der Waals surface area contributed by atoms with Gasteiger partial charge in [0.2, 0.25) is 5.91 Å². The number of hydrogen-bond acceptors (Lipinski definition) is 3. The topological polar surface area (TPSA) is 70.9 Å². The molecular weight excluding hydrogens is 386 g/mol. The maximum absolute atomic E-state index is 12.6. The molecule has 0 aliphatic rings. The van der Waals surface area contributed by atoms with Gasteiger partial charge < -0.3 is 14.8 Å². The highest BCUT2D eigenvalue weighted by Gasteiger charge is 2.22. The third kappa shape index (κ3) is 3.91. The van der Waals surface area contributed by atoms with E-state index < -0.39 is 0 Å². The molecule has 2 N–H and O–H groups in total. The number of amides is 1. The van der Waals surface area contributed by atoms with Crippen molar-refractivity contribution in [3.05, 3.63) is 87.9 Å². The zero-order valence-corrected chi connectivity index (χ0v) is 17.1. The SMILES string of the molecule is Cc1noc(C)c1CC(=O)NC[C@@H](c1ccccc1Cl)c1c[nH]c2ccccc12. The van der Waals surface area contributed by atoms with Crippen LogP contribution in [0.15, 0.2) is 59.3 Å². The van der Waals surface area contributed by atoms with Crippen molar-refractivity contribution in [2.24, 2.45) is 0 Å². The fraction of sp³-hybridized carbons (Fsp3) is 0.217. The summed E-state index contributed by atoms with van der Waals surface area (Å²) in [4.78, 5) is 16.0. The van der Waals surface area contributed by atoms with E-state index in [-0.39, 0.29) is 18.2 Å². The molecule has 148 valence electrons. The van der Waals surface area contributed by atoms with Gasteiger partial charge >= 0.3 is 0 Å². The van der Waals surface area contributed by atoms with Gasteiger partial charge in [-0.25, -0.2) is 0 Å². The molecule has 0 aliphatic heterocycles. The number of carbonyl (C=O) groups excluding carboxylic acids is 1. The molecule has 4 aromatic rings. The van der Waals surface area contributed by atoms with E-state index in [1.807, 2.05) is 62.5 Å². The number of benzene rings is 2. The number of H-pyrrole nitrogens is 1. The summed E-state index contributed by atoms with van der Waals surface area (Å²) < 4.78 is 5.16. The summed E-state index contributed by atoms with van der Waals surface area (Å²) in [6.45, 7) is 4.10. The number of para-hydroxylation sites is 1. The first-order chi connectivity index (χ1) is 14.0.